The molecule has 4 nitrogen and oxygen atoms in total. The molecule has 0 bridgehead atoms. The van der Waals surface area contributed by atoms with E-state index in [4.69, 9.17) is 14.2 Å². The van der Waals surface area contributed by atoms with Crippen molar-refractivity contribution in [3.8, 4) is 17.2 Å². The first kappa shape index (κ1) is 13.6. The van der Waals surface area contributed by atoms with E-state index in [-0.39, 0.29) is 11.5 Å². The molecule has 0 amide bonds. The molecular weight excluding hydrogens is 225 g/mol. The fourth-order valence-electron chi connectivity index (χ4n) is 1.65. The Balaban J connectivity index is 3.24. The highest BCUT2D eigenvalue weighted by atomic mass is 19.1. The number of halogens is 1. The summed E-state index contributed by atoms with van der Waals surface area (Å²) in [5, 5.41) is 3.00. The maximum atomic E-state index is 14.1. The van der Waals surface area contributed by atoms with Gasteiger partial charge in [0, 0.05) is 5.56 Å². The molecule has 0 unspecified atom stereocenters. The van der Waals surface area contributed by atoms with Crippen molar-refractivity contribution >= 4 is 0 Å². The molecular formula is C12H18FNO3. The lowest BCUT2D eigenvalue weighted by Crippen LogP contribution is -2.12. The van der Waals surface area contributed by atoms with Gasteiger partial charge in [-0.25, -0.2) is 0 Å². The molecule has 0 fully saturated rings. The predicted octanol–water partition coefficient (Wildman–Crippen LogP) is 1.61. The van der Waals surface area contributed by atoms with Crippen LogP contribution in [0.4, 0.5) is 4.39 Å². The van der Waals surface area contributed by atoms with E-state index in [9.17, 15) is 4.39 Å². The van der Waals surface area contributed by atoms with Crippen molar-refractivity contribution in [2.45, 2.75) is 6.42 Å². The number of benzene rings is 1. The van der Waals surface area contributed by atoms with Crippen LogP contribution in [-0.4, -0.2) is 34.9 Å². The average molecular weight is 243 g/mol. The van der Waals surface area contributed by atoms with E-state index >= 15 is 0 Å². The highest BCUT2D eigenvalue weighted by molar-refractivity contribution is 5.52. The smallest absolute Gasteiger partial charge is 0.210 e. The zero-order valence-electron chi connectivity index (χ0n) is 10.6. The Labute approximate surface area is 101 Å². The Kier molecular flexibility index (Phi) is 5.03. The van der Waals surface area contributed by atoms with E-state index in [0.29, 0.717) is 12.2 Å². The minimum absolute atomic E-state index is 0.0672. The van der Waals surface area contributed by atoms with E-state index in [2.05, 4.69) is 5.32 Å². The summed E-state index contributed by atoms with van der Waals surface area (Å²) < 4.78 is 29.2. The van der Waals surface area contributed by atoms with Crippen LogP contribution in [0.2, 0.25) is 0 Å². The van der Waals surface area contributed by atoms with Crippen molar-refractivity contribution in [3.63, 3.8) is 0 Å². The Morgan fingerprint density at radius 1 is 1.12 bits per heavy atom. The molecule has 1 aromatic rings. The molecule has 0 atom stereocenters. The summed E-state index contributed by atoms with van der Waals surface area (Å²) in [6.07, 6.45) is 0.650. The van der Waals surface area contributed by atoms with Crippen LogP contribution >= 0.6 is 0 Å². The molecule has 0 aliphatic rings. The zero-order valence-corrected chi connectivity index (χ0v) is 10.6. The van der Waals surface area contributed by atoms with Crippen LogP contribution in [-0.2, 0) is 6.42 Å². The third-order valence-corrected chi connectivity index (χ3v) is 2.49. The lowest BCUT2D eigenvalue weighted by atomic mass is 10.1. The van der Waals surface area contributed by atoms with Crippen LogP contribution in [0.15, 0.2) is 6.07 Å². The van der Waals surface area contributed by atoms with Gasteiger partial charge < -0.3 is 19.5 Å². The third kappa shape index (κ3) is 2.79. The fraction of sp³-hybridized carbons (Fsp3) is 0.500. The number of hydrogen-bond donors (Lipinski definition) is 1. The summed E-state index contributed by atoms with van der Waals surface area (Å²) in [7, 11) is 6.15. The van der Waals surface area contributed by atoms with E-state index in [1.165, 1.54) is 21.3 Å². The largest absolute Gasteiger partial charge is 0.493 e. The van der Waals surface area contributed by atoms with Crippen LogP contribution in [0, 0.1) is 5.82 Å². The van der Waals surface area contributed by atoms with Crippen LogP contribution in [0.3, 0.4) is 0 Å². The lowest BCUT2D eigenvalue weighted by Gasteiger charge is -2.15. The molecule has 0 radical (unpaired) electrons. The Morgan fingerprint density at radius 2 is 1.76 bits per heavy atom. The van der Waals surface area contributed by atoms with Gasteiger partial charge in [0.1, 0.15) is 0 Å². The Hall–Kier alpha value is -1.49. The molecule has 1 N–H and O–H groups in total. The summed E-state index contributed by atoms with van der Waals surface area (Å²) in [5.74, 6) is 0.118. The van der Waals surface area contributed by atoms with E-state index in [0.717, 1.165) is 12.1 Å². The van der Waals surface area contributed by atoms with Gasteiger partial charge in [-0.05, 0) is 26.1 Å². The summed E-state index contributed by atoms with van der Waals surface area (Å²) in [4.78, 5) is 0. The van der Waals surface area contributed by atoms with Gasteiger partial charge in [0.25, 0.3) is 0 Å². The maximum absolute atomic E-state index is 14.1. The molecule has 17 heavy (non-hydrogen) atoms. The standard InChI is InChI=1S/C12H18FNO3/c1-14-6-5-8-7-9(15-2)12(17-4)10(13)11(8)16-3/h7,14H,5-6H2,1-4H3. The van der Waals surface area contributed by atoms with Crippen LogP contribution < -0.4 is 19.5 Å². The number of ether oxygens (including phenoxy) is 3. The highest BCUT2D eigenvalue weighted by Gasteiger charge is 2.20. The molecule has 0 aliphatic carbocycles. The van der Waals surface area contributed by atoms with Crippen LogP contribution in [0.1, 0.15) is 5.56 Å². The lowest BCUT2D eigenvalue weighted by molar-refractivity contribution is 0.318. The molecule has 0 aliphatic heterocycles. The Bertz CT molecular complexity index is 383. The van der Waals surface area contributed by atoms with Gasteiger partial charge in [-0.2, -0.15) is 4.39 Å². The van der Waals surface area contributed by atoms with Crippen LogP contribution in [0.5, 0.6) is 17.2 Å². The first-order valence-corrected chi connectivity index (χ1v) is 5.31. The topological polar surface area (TPSA) is 39.7 Å². The second-order valence-electron chi connectivity index (χ2n) is 3.47. The molecule has 1 aromatic carbocycles. The molecule has 5 heteroatoms. The predicted molar refractivity (Wildman–Crippen MR) is 63.7 cm³/mol. The average Bonchev–Trinajstić information content (AvgIpc) is 2.35. The van der Waals surface area contributed by atoms with Gasteiger partial charge >= 0.3 is 0 Å². The van der Waals surface area contributed by atoms with Gasteiger partial charge in [0.15, 0.2) is 11.5 Å². The number of hydrogen-bond acceptors (Lipinski definition) is 4. The number of nitrogens with one attached hydrogen (secondary N) is 1. The third-order valence-electron chi connectivity index (χ3n) is 2.49. The van der Waals surface area contributed by atoms with Gasteiger partial charge in [-0.15, -0.1) is 0 Å². The second kappa shape index (κ2) is 6.30. The summed E-state index contributed by atoms with van der Waals surface area (Å²) in [6.45, 7) is 0.727. The summed E-state index contributed by atoms with van der Waals surface area (Å²) in [6, 6.07) is 1.73. The van der Waals surface area contributed by atoms with E-state index in [1.807, 2.05) is 7.05 Å². The maximum Gasteiger partial charge on any atom is 0.210 e. The molecule has 96 valence electrons. The normalized spacial score (nSPS) is 10.2. The summed E-state index contributed by atoms with van der Waals surface area (Å²) >= 11 is 0. The van der Waals surface area contributed by atoms with Crippen LogP contribution in [0.25, 0.3) is 0 Å². The summed E-state index contributed by atoms with van der Waals surface area (Å²) in [5.41, 5.74) is 0.747. The van der Waals surface area contributed by atoms with Crippen molar-refractivity contribution in [2.75, 3.05) is 34.9 Å². The first-order valence-electron chi connectivity index (χ1n) is 5.31. The number of likely N-dealkylation sites (N-methyl/N-ethyl adjacent to an activating group) is 1. The van der Waals surface area contributed by atoms with E-state index < -0.39 is 5.82 Å². The van der Waals surface area contributed by atoms with Crippen molar-refractivity contribution < 1.29 is 18.6 Å². The number of rotatable bonds is 6. The molecule has 0 aromatic heterocycles. The zero-order chi connectivity index (χ0) is 12.8. The minimum atomic E-state index is -0.527. The van der Waals surface area contributed by atoms with Gasteiger partial charge in [0.2, 0.25) is 11.6 Å². The molecule has 0 saturated carbocycles. The Morgan fingerprint density at radius 3 is 2.24 bits per heavy atom. The van der Waals surface area contributed by atoms with Crippen molar-refractivity contribution in [1.82, 2.24) is 5.32 Å². The van der Waals surface area contributed by atoms with Crippen molar-refractivity contribution in [3.05, 3.63) is 17.4 Å². The monoisotopic (exact) mass is 243 g/mol. The fourth-order valence-corrected chi connectivity index (χ4v) is 1.65. The van der Waals surface area contributed by atoms with Gasteiger partial charge in [-0.3, -0.25) is 0 Å². The van der Waals surface area contributed by atoms with E-state index in [1.54, 1.807) is 6.07 Å². The number of methoxy groups -OCH3 is 3. The SMILES string of the molecule is CNCCc1cc(OC)c(OC)c(F)c1OC. The van der Waals surface area contributed by atoms with Crippen molar-refractivity contribution in [2.24, 2.45) is 0 Å². The molecule has 0 spiro atoms. The highest BCUT2D eigenvalue weighted by Crippen LogP contribution is 2.38. The minimum Gasteiger partial charge on any atom is -0.493 e. The molecule has 0 saturated heterocycles. The van der Waals surface area contributed by atoms with Gasteiger partial charge in [-0.1, -0.05) is 0 Å². The first-order chi connectivity index (χ1) is 8.19. The molecule has 1 rings (SSSR count). The quantitative estimate of drug-likeness (QED) is 0.824. The van der Waals surface area contributed by atoms with Crippen molar-refractivity contribution in [1.29, 1.82) is 0 Å². The molecule has 0 heterocycles. The second-order valence-corrected chi connectivity index (χ2v) is 3.47. The van der Waals surface area contributed by atoms with Gasteiger partial charge in [0.05, 0.1) is 21.3 Å².